The molecule has 0 bridgehead atoms. The van der Waals surface area contributed by atoms with E-state index in [1.165, 1.54) is 14.2 Å². The number of carbonyl (C=O) groups is 1. The van der Waals surface area contributed by atoms with Gasteiger partial charge in [-0.15, -0.1) is 0 Å². The fraction of sp³-hybridized carbons (Fsp3) is 0.500. The molecule has 6 nitrogen and oxygen atoms in total. The first kappa shape index (κ1) is 16.4. The van der Waals surface area contributed by atoms with Gasteiger partial charge in [0.25, 0.3) is 0 Å². The summed E-state index contributed by atoms with van der Waals surface area (Å²) in [4.78, 5) is 11.7. The molecule has 0 spiro atoms. The lowest BCUT2D eigenvalue weighted by Gasteiger charge is -2.17. The quantitative estimate of drug-likeness (QED) is 0.633. The normalized spacial score (nSPS) is 13.6. The third-order valence-electron chi connectivity index (χ3n) is 3.00. The van der Waals surface area contributed by atoms with Gasteiger partial charge < -0.3 is 25.6 Å². The van der Waals surface area contributed by atoms with E-state index in [9.17, 15) is 9.90 Å². The van der Waals surface area contributed by atoms with Gasteiger partial charge in [0.15, 0.2) is 0 Å². The number of methoxy groups -OCH3 is 2. The van der Waals surface area contributed by atoms with E-state index in [1.807, 2.05) is 6.07 Å². The molecule has 20 heavy (non-hydrogen) atoms. The van der Waals surface area contributed by atoms with Crippen LogP contribution in [0.25, 0.3) is 0 Å². The van der Waals surface area contributed by atoms with E-state index >= 15 is 0 Å². The molecule has 1 rings (SSSR count). The van der Waals surface area contributed by atoms with E-state index in [-0.39, 0.29) is 31.5 Å². The molecule has 1 aromatic rings. The van der Waals surface area contributed by atoms with Gasteiger partial charge in [-0.05, 0) is 6.07 Å². The van der Waals surface area contributed by atoms with Crippen LogP contribution in [-0.2, 0) is 9.53 Å². The lowest BCUT2D eigenvalue weighted by Crippen LogP contribution is -2.34. The van der Waals surface area contributed by atoms with Crippen molar-refractivity contribution in [3.63, 3.8) is 0 Å². The first-order valence-corrected chi connectivity index (χ1v) is 6.42. The molecule has 0 saturated heterocycles. The van der Waals surface area contributed by atoms with E-state index in [2.05, 4.69) is 5.32 Å². The van der Waals surface area contributed by atoms with Crippen LogP contribution >= 0.6 is 0 Å². The highest BCUT2D eigenvalue weighted by Crippen LogP contribution is 2.23. The summed E-state index contributed by atoms with van der Waals surface area (Å²) >= 11 is 0. The summed E-state index contributed by atoms with van der Waals surface area (Å²) in [6.07, 6.45) is -0.960. The highest BCUT2D eigenvalue weighted by molar-refractivity contribution is 5.76. The van der Waals surface area contributed by atoms with Crippen molar-refractivity contribution in [2.24, 2.45) is 5.73 Å². The van der Waals surface area contributed by atoms with Crippen LogP contribution in [0, 0.1) is 0 Å². The van der Waals surface area contributed by atoms with Gasteiger partial charge in [0.05, 0.1) is 25.7 Å². The third-order valence-corrected chi connectivity index (χ3v) is 3.00. The number of amides is 1. The van der Waals surface area contributed by atoms with Gasteiger partial charge in [0.2, 0.25) is 5.91 Å². The van der Waals surface area contributed by atoms with Crippen LogP contribution in [0.3, 0.4) is 0 Å². The maximum atomic E-state index is 11.7. The van der Waals surface area contributed by atoms with E-state index in [0.29, 0.717) is 11.3 Å². The van der Waals surface area contributed by atoms with Crippen LogP contribution in [0.5, 0.6) is 5.75 Å². The van der Waals surface area contributed by atoms with Gasteiger partial charge in [0, 0.05) is 25.8 Å². The molecule has 1 amide bonds. The monoisotopic (exact) mass is 282 g/mol. The van der Waals surface area contributed by atoms with Crippen molar-refractivity contribution in [3.05, 3.63) is 29.8 Å². The number of nitrogens with two attached hydrogens (primary N) is 1. The smallest absolute Gasteiger partial charge is 0.222 e. The molecular formula is C14H22N2O4. The Morgan fingerprint density at radius 3 is 2.70 bits per heavy atom. The number of benzene rings is 1. The minimum absolute atomic E-state index is 0.111. The van der Waals surface area contributed by atoms with Crippen LogP contribution in [0.4, 0.5) is 0 Å². The molecule has 0 saturated carbocycles. The van der Waals surface area contributed by atoms with Gasteiger partial charge in [-0.1, -0.05) is 18.2 Å². The maximum absolute atomic E-state index is 11.7. The van der Waals surface area contributed by atoms with E-state index < -0.39 is 6.10 Å². The van der Waals surface area contributed by atoms with E-state index in [4.69, 9.17) is 15.2 Å². The van der Waals surface area contributed by atoms with Crippen LogP contribution in [0.2, 0.25) is 0 Å². The highest BCUT2D eigenvalue weighted by atomic mass is 16.5. The first-order chi connectivity index (χ1) is 9.62. The van der Waals surface area contributed by atoms with Gasteiger partial charge in [-0.3, -0.25) is 4.79 Å². The molecule has 2 atom stereocenters. The average molecular weight is 282 g/mol. The number of rotatable bonds is 8. The van der Waals surface area contributed by atoms with Gasteiger partial charge in [-0.25, -0.2) is 0 Å². The SMILES string of the molecule is COc1ccccc1C(O)CNC(=O)CC(CN)OC. The Kier molecular flexibility index (Phi) is 7.00. The zero-order chi connectivity index (χ0) is 15.0. The number of hydrogen-bond acceptors (Lipinski definition) is 5. The van der Waals surface area contributed by atoms with E-state index in [1.54, 1.807) is 18.2 Å². The number of carbonyl (C=O) groups excluding carboxylic acids is 1. The third kappa shape index (κ3) is 4.80. The highest BCUT2D eigenvalue weighted by Gasteiger charge is 2.15. The van der Waals surface area contributed by atoms with Gasteiger partial charge in [0.1, 0.15) is 5.75 Å². The molecule has 0 aliphatic rings. The van der Waals surface area contributed by atoms with Crippen molar-refractivity contribution in [3.8, 4) is 5.75 Å². The minimum Gasteiger partial charge on any atom is -0.496 e. The maximum Gasteiger partial charge on any atom is 0.222 e. The fourth-order valence-electron chi connectivity index (χ4n) is 1.80. The Morgan fingerprint density at radius 1 is 1.40 bits per heavy atom. The number of aliphatic hydroxyl groups is 1. The lowest BCUT2D eigenvalue weighted by atomic mass is 10.1. The molecule has 112 valence electrons. The second-order valence-electron chi connectivity index (χ2n) is 4.36. The van der Waals surface area contributed by atoms with Crippen molar-refractivity contribution in [2.45, 2.75) is 18.6 Å². The summed E-state index contributed by atoms with van der Waals surface area (Å²) < 4.78 is 10.2. The molecule has 0 aliphatic carbocycles. The number of aliphatic hydroxyl groups excluding tert-OH is 1. The second kappa shape index (κ2) is 8.52. The Balaban J connectivity index is 2.50. The van der Waals surface area contributed by atoms with Gasteiger partial charge >= 0.3 is 0 Å². The number of nitrogens with one attached hydrogen (secondary N) is 1. The van der Waals surface area contributed by atoms with Crippen molar-refractivity contribution in [2.75, 3.05) is 27.3 Å². The Hall–Kier alpha value is -1.63. The summed E-state index contributed by atoms with van der Waals surface area (Å²) in [6.45, 7) is 0.388. The zero-order valence-electron chi connectivity index (χ0n) is 11.8. The summed E-state index contributed by atoms with van der Waals surface area (Å²) in [5.74, 6) is 0.377. The van der Waals surface area contributed by atoms with Gasteiger partial charge in [-0.2, -0.15) is 0 Å². The molecule has 1 aromatic carbocycles. The predicted octanol–water partition coefficient (Wildman–Crippen LogP) is 0.209. The molecule has 0 heterocycles. The Morgan fingerprint density at radius 2 is 2.10 bits per heavy atom. The molecule has 2 unspecified atom stereocenters. The molecule has 0 fully saturated rings. The number of ether oxygens (including phenoxy) is 2. The molecular weight excluding hydrogens is 260 g/mol. The molecule has 4 N–H and O–H groups in total. The zero-order valence-corrected chi connectivity index (χ0v) is 11.8. The molecule has 6 heteroatoms. The topological polar surface area (TPSA) is 93.8 Å². The van der Waals surface area contributed by atoms with Crippen molar-refractivity contribution in [1.29, 1.82) is 0 Å². The first-order valence-electron chi connectivity index (χ1n) is 6.42. The van der Waals surface area contributed by atoms with Crippen molar-refractivity contribution >= 4 is 5.91 Å². The lowest BCUT2D eigenvalue weighted by molar-refractivity contribution is -0.123. The number of para-hydroxylation sites is 1. The second-order valence-corrected chi connectivity index (χ2v) is 4.36. The average Bonchev–Trinajstić information content (AvgIpc) is 2.50. The van der Waals surface area contributed by atoms with Crippen molar-refractivity contribution < 1.29 is 19.4 Å². The van der Waals surface area contributed by atoms with E-state index in [0.717, 1.165) is 0 Å². The van der Waals surface area contributed by atoms with Crippen LogP contribution in [0.15, 0.2) is 24.3 Å². The summed E-state index contributed by atoms with van der Waals surface area (Å²) in [5, 5.41) is 12.7. The standard InChI is InChI=1S/C14H22N2O4/c1-19-10(8-15)7-14(18)16-9-12(17)11-5-3-4-6-13(11)20-2/h3-6,10,12,17H,7-9,15H2,1-2H3,(H,16,18). The Bertz CT molecular complexity index is 421. The summed E-state index contributed by atoms with van der Waals surface area (Å²) in [7, 11) is 3.04. The minimum atomic E-state index is -0.825. The molecule has 0 aromatic heterocycles. The van der Waals surface area contributed by atoms with Crippen LogP contribution in [-0.4, -0.2) is 44.4 Å². The number of hydrogen-bond donors (Lipinski definition) is 3. The van der Waals surface area contributed by atoms with Crippen LogP contribution in [0.1, 0.15) is 18.1 Å². The van der Waals surface area contributed by atoms with Crippen molar-refractivity contribution in [1.82, 2.24) is 5.32 Å². The summed E-state index contributed by atoms with van der Waals surface area (Å²) in [6, 6.07) is 7.14. The predicted molar refractivity (Wildman–Crippen MR) is 75.4 cm³/mol. The molecule has 0 aliphatic heterocycles. The van der Waals surface area contributed by atoms with Crippen LogP contribution < -0.4 is 15.8 Å². The summed E-state index contributed by atoms with van der Waals surface area (Å²) in [5.41, 5.74) is 6.08. The Labute approximate surface area is 118 Å². The largest absolute Gasteiger partial charge is 0.496 e. The molecule has 0 radical (unpaired) electrons. The fourth-order valence-corrected chi connectivity index (χ4v) is 1.80.